The molecule has 1 aliphatic heterocycles. The lowest BCUT2D eigenvalue weighted by atomic mass is 9.76. The van der Waals surface area contributed by atoms with Crippen LogP contribution in [-0.4, -0.2) is 18.0 Å². The minimum Gasteiger partial charge on any atom is -0.342 e. The summed E-state index contributed by atoms with van der Waals surface area (Å²) < 4.78 is 13.4. The Kier molecular flexibility index (Phi) is 6.50. The second-order valence-electron chi connectivity index (χ2n) is 9.36. The van der Waals surface area contributed by atoms with E-state index in [0.717, 1.165) is 22.3 Å². The van der Waals surface area contributed by atoms with Crippen molar-refractivity contribution in [2.75, 3.05) is 0 Å². The standard InChI is InChI=1S/C31H28Cl2O2/c1-29(2)34-27(30(32,23-15-7-3-8-16-23)24-17-9-4-10-18-24)28(35-29)31(33,25-19-11-5-12-20-25)26-21-13-6-14-22-26/h3-22,27-28H,1-2H3/t27-,28-/m0/s1. The number of hydrogen-bond acceptors (Lipinski definition) is 2. The van der Waals surface area contributed by atoms with Crippen LogP contribution < -0.4 is 0 Å². The Morgan fingerprint density at radius 1 is 0.486 bits per heavy atom. The van der Waals surface area contributed by atoms with Gasteiger partial charge in [-0.3, -0.25) is 0 Å². The van der Waals surface area contributed by atoms with E-state index in [0.29, 0.717) is 0 Å². The van der Waals surface area contributed by atoms with Gasteiger partial charge in [-0.05, 0) is 36.1 Å². The molecule has 0 spiro atoms. The van der Waals surface area contributed by atoms with E-state index in [9.17, 15) is 0 Å². The van der Waals surface area contributed by atoms with Gasteiger partial charge in [-0.15, -0.1) is 23.2 Å². The molecule has 35 heavy (non-hydrogen) atoms. The van der Waals surface area contributed by atoms with Gasteiger partial charge in [0.25, 0.3) is 0 Å². The fourth-order valence-electron chi connectivity index (χ4n) is 5.06. The van der Waals surface area contributed by atoms with Crippen LogP contribution in [0.3, 0.4) is 0 Å². The molecular formula is C31H28Cl2O2. The van der Waals surface area contributed by atoms with Crippen LogP contribution in [0.2, 0.25) is 0 Å². The van der Waals surface area contributed by atoms with Crippen LogP contribution in [0.15, 0.2) is 121 Å². The second kappa shape index (κ2) is 9.44. The van der Waals surface area contributed by atoms with E-state index < -0.39 is 27.7 Å². The molecule has 0 radical (unpaired) electrons. The first-order chi connectivity index (χ1) is 16.9. The quantitative estimate of drug-likeness (QED) is 0.249. The summed E-state index contributed by atoms with van der Waals surface area (Å²) in [5.41, 5.74) is 3.68. The zero-order valence-electron chi connectivity index (χ0n) is 19.8. The summed E-state index contributed by atoms with van der Waals surface area (Å²) in [4.78, 5) is -2.10. The van der Waals surface area contributed by atoms with Crippen LogP contribution in [-0.2, 0) is 19.2 Å². The number of benzene rings is 4. The van der Waals surface area contributed by atoms with Crippen molar-refractivity contribution in [2.24, 2.45) is 0 Å². The summed E-state index contributed by atoms with van der Waals surface area (Å²) >= 11 is 15.5. The summed E-state index contributed by atoms with van der Waals surface area (Å²) in [5, 5.41) is 0. The van der Waals surface area contributed by atoms with Gasteiger partial charge < -0.3 is 9.47 Å². The average molecular weight is 503 g/mol. The molecule has 2 nitrogen and oxygen atoms in total. The Morgan fingerprint density at radius 2 is 0.714 bits per heavy atom. The monoisotopic (exact) mass is 502 g/mol. The third-order valence-corrected chi connectivity index (χ3v) is 7.96. The predicted molar refractivity (Wildman–Crippen MR) is 143 cm³/mol. The summed E-state index contributed by atoms with van der Waals surface area (Å²) in [6, 6.07) is 40.2. The van der Waals surface area contributed by atoms with Gasteiger partial charge in [-0.2, -0.15) is 0 Å². The molecule has 0 amide bonds. The van der Waals surface area contributed by atoms with Crippen LogP contribution in [0.1, 0.15) is 36.1 Å². The Labute approximate surface area is 217 Å². The molecule has 0 N–H and O–H groups in total. The molecule has 178 valence electrons. The molecule has 1 saturated heterocycles. The van der Waals surface area contributed by atoms with Crippen LogP contribution in [0, 0.1) is 0 Å². The molecule has 4 heteroatoms. The van der Waals surface area contributed by atoms with Crippen molar-refractivity contribution in [3.63, 3.8) is 0 Å². The Bertz CT molecular complexity index is 1070. The molecule has 5 rings (SSSR count). The second-order valence-corrected chi connectivity index (χ2v) is 10.6. The number of hydrogen-bond donors (Lipinski definition) is 0. The highest BCUT2D eigenvalue weighted by atomic mass is 35.5. The van der Waals surface area contributed by atoms with Gasteiger partial charge in [-0.25, -0.2) is 0 Å². The van der Waals surface area contributed by atoms with Gasteiger partial charge in [0.2, 0.25) is 0 Å². The molecular weight excluding hydrogens is 475 g/mol. The number of ether oxygens (including phenoxy) is 2. The molecule has 1 heterocycles. The summed E-state index contributed by atoms with van der Waals surface area (Å²) in [6.45, 7) is 3.83. The van der Waals surface area contributed by atoms with E-state index in [1.165, 1.54) is 0 Å². The van der Waals surface area contributed by atoms with Gasteiger partial charge in [0.05, 0.1) is 0 Å². The van der Waals surface area contributed by atoms with E-state index in [1.807, 2.05) is 135 Å². The lowest BCUT2D eigenvalue weighted by Crippen LogP contribution is -2.50. The Balaban J connectivity index is 1.76. The lowest BCUT2D eigenvalue weighted by molar-refractivity contribution is -0.150. The highest BCUT2D eigenvalue weighted by Crippen LogP contribution is 2.55. The van der Waals surface area contributed by atoms with Crippen molar-refractivity contribution >= 4 is 23.2 Å². The largest absolute Gasteiger partial charge is 0.342 e. The third-order valence-electron chi connectivity index (χ3n) is 6.66. The van der Waals surface area contributed by atoms with E-state index in [4.69, 9.17) is 32.7 Å². The van der Waals surface area contributed by atoms with Crippen molar-refractivity contribution in [2.45, 2.75) is 41.6 Å². The van der Waals surface area contributed by atoms with Gasteiger partial charge in [0, 0.05) is 0 Å². The molecule has 4 aromatic rings. The molecule has 0 aromatic heterocycles. The van der Waals surface area contributed by atoms with E-state index in [2.05, 4.69) is 0 Å². The van der Waals surface area contributed by atoms with E-state index in [-0.39, 0.29) is 0 Å². The number of rotatable bonds is 6. The average Bonchev–Trinajstić information content (AvgIpc) is 3.26. The summed E-state index contributed by atoms with van der Waals surface area (Å²) in [5.74, 6) is -0.900. The molecule has 0 bridgehead atoms. The Morgan fingerprint density at radius 3 is 0.943 bits per heavy atom. The maximum Gasteiger partial charge on any atom is 0.164 e. The maximum atomic E-state index is 7.74. The molecule has 1 fully saturated rings. The van der Waals surface area contributed by atoms with Crippen LogP contribution in [0.4, 0.5) is 0 Å². The molecule has 0 saturated carbocycles. The van der Waals surface area contributed by atoms with Crippen molar-refractivity contribution < 1.29 is 9.47 Å². The normalized spacial score (nSPS) is 20.0. The van der Waals surface area contributed by atoms with Crippen molar-refractivity contribution in [3.05, 3.63) is 144 Å². The van der Waals surface area contributed by atoms with Gasteiger partial charge in [-0.1, -0.05) is 121 Å². The van der Waals surface area contributed by atoms with Gasteiger partial charge in [0.15, 0.2) is 5.79 Å². The molecule has 1 aliphatic rings. The van der Waals surface area contributed by atoms with Crippen molar-refractivity contribution in [1.29, 1.82) is 0 Å². The van der Waals surface area contributed by atoms with Crippen molar-refractivity contribution in [1.82, 2.24) is 0 Å². The first-order valence-corrected chi connectivity index (χ1v) is 12.6. The van der Waals surface area contributed by atoms with Gasteiger partial charge in [0.1, 0.15) is 22.0 Å². The Hall–Kier alpha value is -2.62. The van der Waals surface area contributed by atoms with Crippen LogP contribution in [0.5, 0.6) is 0 Å². The smallest absolute Gasteiger partial charge is 0.164 e. The minimum absolute atomic E-state index is 0.609. The summed E-state index contributed by atoms with van der Waals surface area (Å²) in [7, 11) is 0. The fourth-order valence-corrected chi connectivity index (χ4v) is 5.88. The van der Waals surface area contributed by atoms with E-state index in [1.54, 1.807) is 0 Å². The predicted octanol–water partition coefficient (Wildman–Crippen LogP) is 7.87. The highest BCUT2D eigenvalue weighted by Gasteiger charge is 2.61. The SMILES string of the molecule is CC1(C)O[C@H](C(Cl)(c2ccccc2)c2ccccc2)[C@@H](C(Cl)(c2ccccc2)c2ccccc2)O1. The zero-order valence-corrected chi connectivity index (χ0v) is 21.3. The topological polar surface area (TPSA) is 18.5 Å². The zero-order chi connectivity index (χ0) is 24.5. The number of halogens is 2. The molecule has 4 aromatic carbocycles. The lowest BCUT2D eigenvalue weighted by Gasteiger charge is -2.42. The fraction of sp³-hybridized carbons (Fsp3) is 0.226. The maximum absolute atomic E-state index is 7.74. The molecule has 0 aliphatic carbocycles. The van der Waals surface area contributed by atoms with E-state index >= 15 is 0 Å². The highest BCUT2D eigenvalue weighted by molar-refractivity contribution is 6.28. The number of alkyl halides is 2. The molecule has 0 unspecified atom stereocenters. The van der Waals surface area contributed by atoms with Gasteiger partial charge >= 0.3 is 0 Å². The van der Waals surface area contributed by atoms with Crippen LogP contribution >= 0.6 is 23.2 Å². The summed E-state index contributed by atoms with van der Waals surface area (Å²) in [6.07, 6.45) is -1.22. The molecule has 2 atom stereocenters. The minimum atomic E-state index is -1.05. The van der Waals surface area contributed by atoms with Crippen molar-refractivity contribution in [3.8, 4) is 0 Å². The first kappa shape index (κ1) is 24.1. The van der Waals surface area contributed by atoms with Crippen LogP contribution in [0.25, 0.3) is 0 Å². The third kappa shape index (κ3) is 4.30. The first-order valence-electron chi connectivity index (χ1n) is 11.8.